The van der Waals surface area contributed by atoms with Crippen molar-refractivity contribution in [3.8, 4) is 11.3 Å². The summed E-state index contributed by atoms with van der Waals surface area (Å²) in [6.07, 6.45) is -4.52. The molecule has 29 heavy (non-hydrogen) atoms. The van der Waals surface area contributed by atoms with E-state index < -0.39 is 60.3 Å². The van der Waals surface area contributed by atoms with Crippen molar-refractivity contribution in [3.05, 3.63) is 35.8 Å². The first-order chi connectivity index (χ1) is 13.7. The molecule has 0 aliphatic carbocycles. The number of carboxylic acid groups (broad SMARTS) is 1. The van der Waals surface area contributed by atoms with Crippen LogP contribution in [0.25, 0.3) is 11.3 Å². The number of halogens is 3. The molecular formula is C17H18F3N3O6. The van der Waals surface area contributed by atoms with Gasteiger partial charge in [-0.2, -0.15) is 0 Å². The van der Waals surface area contributed by atoms with Gasteiger partial charge in [-0.3, -0.25) is 4.79 Å². The Kier molecular flexibility index (Phi) is 6.17. The van der Waals surface area contributed by atoms with Crippen molar-refractivity contribution in [3.63, 3.8) is 0 Å². The molecule has 158 valence electrons. The van der Waals surface area contributed by atoms with Crippen LogP contribution in [-0.4, -0.2) is 72.4 Å². The highest BCUT2D eigenvalue weighted by Crippen LogP contribution is 2.33. The van der Waals surface area contributed by atoms with Crippen LogP contribution in [0.3, 0.4) is 0 Å². The minimum absolute atomic E-state index is 0.0313. The number of aliphatic carboxylic acids is 1. The van der Waals surface area contributed by atoms with E-state index in [1.54, 1.807) is 0 Å². The summed E-state index contributed by atoms with van der Waals surface area (Å²) < 4.78 is 46.5. The van der Waals surface area contributed by atoms with Gasteiger partial charge in [0.15, 0.2) is 17.5 Å². The number of benzene rings is 1. The molecule has 9 nitrogen and oxygen atoms in total. The molecule has 2 heterocycles. The highest BCUT2D eigenvalue weighted by atomic mass is 19.2. The average Bonchev–Trinajstić information content (AvgIpc) is 3.13. The Hall–Kier alpha value is -2.54. The summed E-state index contributed by atoms with van der Waals surface area (Å²) >= 11 is 0. The van der Waals surface area contributed by atoms with Crippen LogP contribution in [0.1, 0.15) is 18.9 Å². The third-order valence-corrected chi connectivity index (χ3v) is 4.70. The second kappa shape index (κ2) is 8.45. The SMILES string of the molecule is O=C(O)CC1OC(CCO)C(O)C(n2cc(-c3cc(F)c(F)c(F)c3)nn2)C1O. The average molecular weight is 417 g/mol. The smallest absolute Gasteiger partial charge is 0.306 e. The predicted octanol–water partition coefficient (Wildman–Crippen LogP) is 0.250. The van der Waals surface area contributed by atoms with Crippen LogP contribution in [-0.2, 0) is 9.53 Å². The fourth-order valence-electron chi connectivity index (χ4n) is 3.31. The van der Waals surface area contributed by atoms with Gasteiger partial charge in [-0.05, 0) is 18.6 Å². The van der Waals surface area contributed by atoms with Crippen molar-refractivity contribution in [1.82, 2.24) is 15.0 Å². The molecule has 12 heteroatoms. The molecular weight excluding hydrogens is 399 g/mol. The van der Waals surface area contributed by atoms with Gasteiger partial charge in [-0.15, -0.1) is 5.10 Å². The lowest BCUT2D eigenvalue weighted by atomic mass is 9.90. The third-order valence-electron chi connectivity index (χ3n) is 4.70. The Morgan fingerprint density at radius 3 is 2.34 bits per heavy atom. The van der Waals surface area contributed by atoms with Crippen LogP contribution in [0.15, 0.2) is 18.3 Å². The van der Waals surface area contributed by atoms with Crippen molar-refractivity contribution in [2.45, 2.75) is 43.3 Å². The maximum absolute atomic E-state index is 13.5. The lowest BCUT2D eigenvalue weighted by Gasteiger charge is -2.42. The van der Waals surface area contributed by atoms with E-state index in [4.69, 9.17) is 14.9 Å². The number of nitrogens with zero attached hydrogens (tertiary/aromatic N) is 3. The molecule has 5 atom stereocenters. The van der Waals surface area contributed by atoms with Crippen LogP contribution in [0.5, 0.6) is 0 Å². The molecule has 1 saturated heterocycles. The molecule has 1 aromatic heterocycles. The summed E-state index contributed by atoms with van der Waals surface area (Å²) in [7, 11) is 0. The second-order valence-electron chi connectivity index (χ2n) is 6.63. The van der Waals surface area contributed by atoms with Crippen molar-refractivity contribution >= 4 is 5.97 Å². The number of ether oxygens (including phenoxy) is 1. The minimum Gasteiger partial charge on any atom is -0.481 e. The van der Waals surface area contributed by atoms with Gasteiger partial charge < -0.3 is 25.2 Å². The fourth-order valence-corrected chi connectivity index (χ4v) is 3.31. The molecule has 0 amide bonds. The van der Waals surface area contributed by atoms with Crippen molar-refractivity contribution in [1.29, 1.82) is 0 Å². The normalized spacial score (nSPS) is 27.2. The van der Waals surface area contributed by atoms with Crippen molar-refractivity contribution in [2.75, 3.05) is 6.61 Å². The third kappa shape index (κ3) is 4.24. The summed E-state index contributed by atoms with van der Waals surface area (Å²) in [5.74, 6) is -5.74. The van der Waals surface area contributed by atoms with Crippen LogP contribution in [0.4, 0.5) is 13.2 Å². The largest absolute Gasteiger partial charge is 0.481 e. The van der Waals surface area contributed by atoms with Crippen molar-refractivity contribution < 1.29 is 43.1 Å². The molecule has 0 saturated carbocycles. The minimum atomic E-state index is -1.64. The van der Waals surface area contributed by atoms with Gasteiger partial charge in [-0.1, -0.05) is 5.21 Å². The number of aliphatic hydroxyl groups is 3. The van der Waals surface area contributed by atoms with E-state index in [1.165, 1.54) is 6.20 Å². The highest BCUT2D eigenvalue weighted by molar-refractivity contribution is 5.67. The quantitative estimate of drug-likeness (QED) is 0.491. The van der Waals surface area contributed by atoms with Gasteiger partial charge >= 0.3 is 5.97 Å². The molecule has 4 N–H and O–H groups in total. The Labute approximate surface area is 162 Å². The molecule has 1 fully saturated rings. The number of carbonyl (C=O) groups is 1. The van der Waals surface area contributed by atoms with Crippen molar-refractivity contribution in [2.24, 2.45) is 0 Å². The van der Waals surface area contributed by atoms with E-state index in [1.807, 2.05) is 0 Å². The first-order valence-corrected chi connectivity index (χ1v) is 8.64. The molecule has 3 rings (SSSR count). The number of hydrogen-bond acceptors (Lipinski definition) is 7. The maximum Gasteiger partial charge on any atom is 0.306 e. The van der Waals surface area contributed by atoms with E-state index >= 15 is 0 Å². The summed E-state index contributed by atoms with van der Waals surface area (Å²) in [4.78, 5) is 11.0. The van der Waals surface area contributed by atoms with Crippen LogP contribution in [0.2, 0.25) is 0 Å². The molecule has 1 aliphatic heterocycles. The Morgan fingerprint density at radius 2 is 1.76 bits per heavy atom. The number of carboxylic acids is 1. The standard InChI is InChI=1S/C17H18F3N3O6/c18-8-3-7(4-9(19)14(8)20)10-6-23(22-21-10)15-16(27)11(1-2-24)29-12(17(15)28)5-13(25)26/h3-4,6,11-12,15-17,24,27-28H,1-2,5H2,(H,25,26). The molecule has 0 bridgehead atoms. The first-order valence-electron chi connectivity index (χ1n) is 8.64. The number of hydrogen-bond donors (Lipinski definition) is 4. The maximum atomic E-state index is 13.5. The zero-order chi connectivity index (χ0) is 21.3. The monoisotopic (exact) mass is 417 g/mol. The number of aromatic nitrogens is 3. The van der Waals surface area contributed by atoms with E-state index in [-0.39, 0.29) is 24.3 Å². The van der Waals surface area contributed by atoms with Crippen LogP contribution < -0.4 is 0 Å². The van der Waals surface area contributed by atoms with Crippen LogP contribution >= 0.6 is 0 Å². The van der Waals surface area contributed by atoms with E-state index in [9.17, 15) is 28.2 Å². The molecule has 1 aromatic carbocycles. The van der Waals surface area contributed by atoms with Gasteiger partial charge in [0.05, 0.1) is 24.8 Å². The Bertz CT molecular complexity index is 872. The Morgan fingerprint density at radius 1 is 1.14 bits per heavy atom. The zero-order valence-corrected chi connectivity index (χ0v) is 14.8. The topological polar surface area (TPSA) is 138 Å². The summed E-state index contributed by atoms with van der Waals surface area (Å²) in [5, 5.41) is 46.7. The highest BCUT2D eigenvalue weighted by Gasteiger charge is 2.46. The lowest BCUT2D eigenvalue weighted by molar-refractivity contribution is -0.204. The molecule has 5 unspecified atom stereocenters. The zero-order valence-electron chi connectivity index (χ0n) is 14.8. The van der Waals surface area contributed by atoms with E-state index in [0.717, 1.165) is 4.68 Å². The van der Waals surface area contributed by atoms with Crippen LogP contribution in [0, 0.1) is 17.5 Å². The van der Waals surface area contributed by atoms with E-state index in [2.05, 4.69) is 10.3 Å². The predicted molar refractivity (Wildman–Crippen MR) is 89.0 cm³/mol. The fraction of sp³-hybridized carbons (Fsp3) is 0.471. The van der Waals surface area contributed by atoms with Gasteiger partial charge in [-0.25, -0.2) is 17.9 Å². The van der Waals surface area contributed by atoms with Gasteiger partial charge in [0.1, 0.15) is 23.9 Å². The molecule has 0 radical (unpaired) electrons. The van der Waals surface area contributed by atoms with Gasteiger partial charge in [0.25, 0.3) is 0 Å². The summed E-state index contributed by atoms with van der Waals surface area (Å²) in [5.41, 5.74) is -0.195. The van der Waals surface area contributed by atoms with Gasteiger partial charge in [0.2, 0.25) is 0 Å². The molecule has 0 spiro atoms. The van der Waals surface area contributed by atoms with E-state index in [0.29, 0.717) is 12.1 Å². The lowest BCUT2D eigenvalue weighted by Crippen LogP contribution is -2.55. The molecule has 2 aromatic rings. The van der Waals surface area contributed by atoms with Gasteiger partial charge in [0, 0.05) is 12.2 Å². The Balaban J connectivity index is 1.94. The summed E-state index contributed by atoms with van der Waals surface area (Å²) in [6, 6.07) is 0.220. The second-order valence-corrected chi connectivity index (χ2v) is 6.63. The first kappa shape index (κ1) is 21.2. The molecule has 1 aliphatic rings. The number of rotatable bonds is 6. The number of aliphatic hydroxyl groups excluding tert-OH is 3. The summed E-state index contributed by atoms with van der Waals surface area (Å²) in [6.45, 7) is -0.360.